The van der Waals surface area contributed by atoms with Gasteiger partial charge in [-0.2, -0.15) is 0 Å². The fourth-order valence-corrected chi connectivity index (χ4v) is 3.19. The molecule has 1 aromatic rings. The standard InChI is InChI=1S/C15H18Cl2N2O2/c1-21-12-4-2-3-11(9-12)18-5-7-19(8-6-18)14(20)13-10-15(13,16)17/h2-4,9,13H,5-8,10H2,1H3. The first-order valence-electron chi connectivity index (χ1n) is 7.07. The Balaban J connectivity index is 1.59. The third-order valence-electron chi connectivity index (χ3n) is 4.13. The van der Waals surface area contributed by atoms with Gasteiger partial charge in [-0.05, 0) is 18.6 Å². The van der Waals surface area contributed by atoms with E-state index < -0.39 is 4.33 Å². The van der Waals surface area contributed by atoms with Crippen LogP contribution in [-0.4, -0.2) is 48.4 Å². The van der Waals surface area contributed by atoms with Gasteiger partial charge in [0.15, 0.2) is 0 Å². The zero-order valence-electron chi connectivity index (χ0n) is 11.9. The van der Waals surface area contributed by atoms with Crippen LogP contribution in [0.4, 0.5) is 5.69 Å². The molecule has 1 aromatic carbocycles. The van der Waals surface area contributed by atoms with Gasteiger partial charge in [0.05, 0.1) is 13.0 Å². The number of piperazine rings is 1. The molecule has 1 saturated carbocycles. The van der Waals surface area contributed by atoms with Crippen molar-refractivity contribution in [1.82, 2.24) is 4.90 Å². The van der Waals surface area contributed by atoms with E-state index in [1.165, 1.54) is 0 Å². The van der Waals surface area contributed by atoms with Gasteiger partial charge >= 0.3 is 0 Å². The third kappa shape index (κ3) is 3.06. The van der Waals surface area contributed by atoms with Crippen molar-refractivity contribution >= 4 is 34.8 Å². The summed E-state index contributed by atoms with van der Waals surface area (Å²) in [4.78, 5) is 16.4. The van der Waals surface area contributed by atoms with Crippen LogP contribution in [0.25, 0.3) is 0 Å². The van der Waals surface area contributed by atoms with Crippen molar-refractivity contribution in [1.29, 1.82) is 0 Å². The number of ether oxygens (including phenoxy) is 1. The Hall–Kier alpha value is -1.13. The summed E-state index contributed by atoms with van der Waals surface area (Å²) in [6.07, 6.45) is 0.574. The third-order valence-corrected chi connectivity index (χ3v) is 4.97. The van der Waals surface area contributed by atoms with Crippen LogP contribution < -0.4 is 9.64 Å². The van der Waals surface area contributed by atoms with Gasteiger partial charge in [0.1, 0.15) is 10.1 Å². The Morgan fingerprint density at radius 3 is 2.52 bits per heavy atom. The van der Waals surface area contributed by atoms with Crippen molar-refractivity contribution in [3.8, 4) is 5.75 Å². The number of nitrogens with zero attached hydrogens (tertiary/aromatic N) is 2. The fraction of sp³-hybridized carbons (Fsp3) is 0.533. The van der Waals surface area contributed by atoms with E-state index in [9.17, 15) is 4.79 Å². The summed E-state index contributed by atoms with van der Waals surface area (Å²) in [6.45, 7) is 3.03. The number of carbonyl (C=O) groups excluding carboxylic acids is 1. The van der Waals surface area contributed by atoms with E-state index in [1.54, 1.807) is 7.11 Å². The maximum absolute atomic E-state index is 12.2. The smallest absolute Gasteiger partial charge is 0.228 e. The second kappa shape index (κ2) is 5.58. The lowest BCUT2D eigenvalue weighted by Crippen LogP contribution is -2.49. The van der Waals surface area contributed by atoms with Crippen LogP contribution in [-0.2, 0) is 4.79 Å². The highest BCUT2D eigenvalue weighted by atomic mass is 35.5. The van der Waals surface area contributed by atoms with Crippen molar-refractivity contribution in [2.75, 3.05) is 38.2 Å². The molecule has 1 unspecified atom stereocenters. The Labute approximate surface area is 134 Å². The highest BCUT2D eigenvalue weighted by molar-refractivity contribution is 6.52. The number of halogens is 2. The van der Waals surface area contributed by atoms with Crippen molar-refractivity contribution < 1.29 is 9.53 Å². The van der Waals surface area contributed by atoms with Crippen molar-refractivity contribution in [2.45, 2.75) is 10.8 Å². The molecule has 1 heterocycles. The number of hydrogen-bond donors (Lipinski definition) is 0. The number of carbonyl (C=O) groups is 1. The molecule has 114 valence electrons. The molecule has 0 N–H and O–H groups in total. The summed E-state index contributed by atoms with van der Waals surface area (Å²) in [6, 6.07) is 7.98. The minimum Gasteiger partial charge on any atom is -0.497 e. The number of benzene rings is 1. The molecule has 2 aliphatic rings. The second-order valence-electron chi connectivity index (χ2n) is 5.53. The Morgan fingerprint density at radius 1 is 1.29 bits per heavy atom. The number of alkyl halides is 2. The molecular weight excluding hydrogens is 311 g/mol. The molecule has 1 amide bonds. The molecule has 1 atom stereocenters. The van der Waals surface area contributed by atoms with Crippen LogP contribution in [0.5, 0.6) is 5.75 Å². The van der Waals surface area contributed by atoms with E-state index in [-0.39, 0.29) is 11.8 Å². The SMILES string of the molecule is COc1cccc(N2CCN(C(=O)C3CC3(Cl)Cl)CC2)c1. The highest BCUT2D eigenvalue weighted by Gasteiger charge is 2.57. The minimum absolute atomic E-state index is 0.0882. The lowest BCUT2D eigenvalue weighted by molar-refractivity contribution is -0.132. The average molecular weight is 329 g/mol. The maximum Gasteiger partial charge on any atom is 0.228 e. The predicted octanol–water partition coefficient (Wildman–Crippen LogP) is 2.54. The van der Waals surface area contributed by atoms with Gasteiger partial charge in [0.2, 0.25) is 5.91 Å². The summed E-state index contributed by atoms with van der Waals surface area (Å²) >= 11 is 11.9. The zero-order valence-corrected chi connectivity index (χ0v) is 13.4. The van der Waals surface area contributed by atoms with Gasteiger partial charge in [-0.3, -0.25) is 4.79 Å². The van der Waals surface area contributed by atoms with Gasteiger partial charge < -0.3 is 14.5 Å². The fourth-order valence-electron chi connectivity index (χ4n) is 2.69. The molecule has 0 spiro atoms. The average Bonchev–Trinajstić information content (AvgIpc) is 3.15. The van der Waals surface area contributed by atoms with Gasteiger partial charge in [0.25, 0.3) is 0 Å². The lowest BCUT2D eigenvalue weighted by atomic mass is 10.2. The Kier molecular flexibility index (Phi) is 3.93. The zero-order chi connectivity index (χ0) is 15.0. The Morgan fingerprint density at radius 2 is 1.95 bits per heavy atom. The van der Waals surface area contributed by atoms with Crippen LogP contribution in [0.2, 0.25) is 0 Å². The van der Waals surface area contributed by atoms with Gasteiger partial charge in [-0.1, -0.05) is 6.07 Å². The number of amides is 1. The van der Waals surface area contributed by atoms with E-state index >= 15 is 0 Å². The van der Waals surface area contributed by atoms with Crippen LogP contribution in [0.1, 0.15) is 6.42 Å². The maximum atomic E-state index is 12.2. The van der Waals surface area contributed by atoms with Gasteiger partial charge in [0, 0.05) is 37.9 Å². The normalized spacial score (nSPS) is 23.9. The monoisotopic (exact) mass is 328 g/mol. The summed E-state index contributed by atoms with van der Waals surface area (Å²) in [5.41, 5.74) is 1.12. The van der Waals surface area contributed by atoms with Gasteiger partial charge in [-0.25, -0.2) is 0 Å². The van der Waals surface area contributed by atoms with Crippen LogP contribution in [0.3, 0.4) is 0 Å². The van der Waals surface area contributed by atoms with E-state index in [2.05, 4.69) is 11.0 Å². The molecule has 1 aliphatic heterocycles. The van der Waals surface area contributed by atoms with Gasteiger partial charge in [-0.15, -0.1) is 23.2 Å². The molecule has 3 rings (SSSR count). The van der Waals surface area contributed by atoms with E-state index in [0.29, 0.717) is 19.5 Å². The van der Waals surface area contributed by atoms with E-state index in [0.717, 1.165) is 24.5 Å². The first-order valence-corrected chi connectivity index (χ1v) is 7.82. The molecule has 0 radical (unpaired) electrons. The van der Waals surface area contributed by atoms with Crippen LogP contribution in [0, 0.1) is 5.92 Å². The molecule has 2 fully saturated rings. The predicted molar refractivity (Wildman–Crippen MR) is 84.3 cm³/mol. The first-order chi connectivity index (χ1) is 10.0. The summed E-state index contributed by atoms with van der Waals surface area (Å²) in [5.74, 6) is 0.715. The molecule has 0 aromatic heterocycles. The summed E-state index contributed by atoms with van der Waals surface area (Å²) in [7, 11) is 1.66. The largest absolute Gasteiger partial charge is 0.497 e. The van der Waals surface area contributed by atoms with E-state index in [1.807, 2.05) is 23.1 Å². The molecule has 0 bridgehead atoms. The van der Waals surface area contributed by atoms with Crippen molar-refractivity contribution in [3.63, 3.8) is 0 Å². The molecule has 1 saturated heterocycles. The van der Waals surface area contributed by atoms with Crippen LogP contribution >= 0.6 is 23.2 Å². The molecule has 6 heteroatoms. The lowest BCUT2D eigenvalue weighted by Gasteiger charge is -2.36. The number of rotatable bonds is 3. The Bertz CT molecular complexity index is 542. The van der Waals surface area contributed by atoms with E-state index in [4.69, 9.17) is 27.9 Å². The molecule has 4 nitrogen and oxygen atoms in total. The second-order valence-corrected chi connectivity index (χ2v) is 7.07. The first kappa shape index (κ1) is 14.8. The quantitative estimate of drug-likeness (QED) is 0.799. The molecular formula is C15H18Cl2N2O2. The number of methoxy groups -OCH3 is 1. The van der Waals surface area contributed by atoms with Crippen molar-refractivity contribution in [3.05, 3.63) is 24.3 Å². The molecule has 1 aliphatic carbocycles. The minimum atomic E-state index is -0.832. The molecule has 21 heavy (non-hydrogen) atoms. The highest BCUT2D eigenvalue weighted by Crippen LogP contribution is 2.53. The summed E-state index contributed by atoms with van der Waals surface area (Å²) in [5, 5.41) is 0. The van der Waals surface area contributed by atoms with Crippen LogP contribution in [0.15, 0.2) is 24.3 Å². The number of hydrogen-bond acceptors (Lipinski definition) is 3. The summed E-state index contributed by atoms with van der Waals surface area (Å²) < 4.78 is 4.41. The van der Waals surface area contributed by atoms with Crippen molar-refractivity contribution in [2.24, 2.45) is 5.92 Å². The topological polar surface area (TPSA) is 32.8 Å². The number of anilines is 1.